The molecule has 98 valence electrons. The molecule has 0 amide bonds. The monoisotopic (exact) mass is 256 g/mol. The van der Waals surface area contributed by atoms with Crippen LogP contribution in [0.25, 0.3) is 0 Å². The fourth-order valence-electron chi connectivity index (χ4n) is 1.68. The average Bonchev–Trinajstić information content (AvgIpc) is 2.30. The Morgan fingerprint density at radius 1 is 1.22 bits per heavy atom. The van der Waals surface area contributed by atoms with E-state index in [4.69, 9.17) is 0 Å². The van der Waals surface area contributed by atoms with E-state index < -0.39 is 23.8 Å². The highest BCUT2D eigenvalue weighted by Crippen LogP contribution is 2.31. The molecule has 1 aromatic carbocycles. The number of benzene rings is 1. The minimum atomic E-state index is -4.34. The maximum Gasteiger partial charge on any atom is 0.416 e. The van der Waals surface area contributed by atoms with Crippen LogP contribution in [0.1, 0.15) is 24.0 Å². The van der Waals surface area contributed by atoms with Crippen molar-refractivity contribution >= 4 is 0 Å². The van der Waals surface area contributed by atoms with Crippen molar-refractivity contribution in [2.45, 2.75) is 25.1 Å². The van der Waals surface area contributed by atoms with Gasteiger partial charge in [0.15, 0.2) is 0 Å². The molecule has 1 rings (SSSR count). The first kappa shape index (κ1) is 14.5. The van der Waals surface area contributed by atoms with E-state index in [1.807, 2.05) is 0 Å². The molecule has 0 heterocycles. The van der Waals surface area contributed by atoms with E-state index in [0.29, 0.717) is 5.56 Å². The van der Waals surface area contributed by atoms with Crippen molar-refractivity contribution < 1.29 is 18.3 Å². The van der Waals surface area contributed by atoms with Crippen LogP contribution >= 0.6 is 0 Å². The van der Waals surface area contributed by atoms with Crippen molar-refractivity contribution in [2.75, 3.05) is 0 Å². The van der Waals surface area contributed by atoms with Crippen molar-refractivity contribution in [1.29, 1.82) is 0 Å². The second kappa shape index (κ2) is 5.87. The van der Waals surface area contributed by atoms with E-state index in [9.17, 15) is 18.3 Å². The summed E-state index contributed by atoms with van der Waals surface area (Å²) in [6.45, 7) is 5.36. The Balaban J connectivity index is 2.99. The Labute approximate surface area is 104 Å². The molecule has 1 N–H and O–H groups in total. The van der Waals surface area contributed by atoms with E-state index in [1.165, 1.54) is 18.2 Å². The summed E-state index contributed by atoms with van der Waals surface area (Å²) in [7, 11) is 0. The van der Waals surface area contributed by atoms with Crippen molar-refractivity contribution in [1.82, 2.24) is 0 Å². The number of aliphatic hydroxyl groups excluding tert-OH is 1. The molecule has 1 aromatic rings. The van der Waals surface area contributed by atoms with Gasteiger partial charge in [0.2, 0.25) is 0 Å². The van der Waals surface area contributed by atoms with Gasteiger partial charge in [-0.25, -0.2) is 0 Å². The number of hydrogen-bond acceptors (Lipinski definition) is 1. The molecule has 1 nitrogen and oxygen atoms in total. The smallest absolute Gasteiger partial charge is 0.388 e. The van der Waals surface area contributed by atoms with Crippen LogP contribution in [0.4, 0.5) is 13.2 Å². The third-order valence-electron chi connectivity index (χ3n) is 2.63. The maximum atomic E-state index is 12.4. The Kier molecular flexibility index (Phi) is 4.73. The van der Waals surface area contributed by atoms with E-state index in [1.54, 1.807) is 19.1 Å². The van der Waals surface area contributed by atoms with E-state index >= 15 is 0 Å². The Morgan fingerprint density at radius 2 is 1.78 bits per heavy atom. The van der Waals surface area contributed by atoms with Crippen LogP contribution in [0.15, 0.2) is 49.1 Å². The second-order valence-electron chi connectivity index (χ2n) is 3.90. The Bertz CT molecular complexity index is 418. The third kappa shape index (κ3) is 3.47. The third-order valence-corrected chi connectivity index (χ3v) is 2.63. The topological polar surface area (TPSA) is 20.2 Å². The normalized spacial score (nSPS) is 15.6. The van der Waals surface area contributed by atoms with Crippen molar-refractivity contribution in [2.24, 2.45) is 0 Å². The summed E-state index contributed by atoms with van der Waals surface area (Å²) in [6.07, 6.45) is -0.351. The largest absolute Gasteiger partial charge is 0.416 e. The standard InChI is InChI=1S/C14H15F3O/c1-3-5-13(18)12(4-2)10-6-8-11(9-7-10)14(15,16)17/h3-9,12-13,18H,2H2,1H3/b5-3+. The van der Waals surface area contributed by atoms with Crippen molar-refractivity contribution in [3.05, 3.63) is 60.2 Å². The molecule has 18 heavy (non-hydrogen) atoms. The summed E-state index contributed by atoms with van der Waals surface area (Å²) in [6, 6.07) is 4.74. The molecule has 0 spiro atoms. The first-order valence-corrected chi connectivity index (χ1v) is 5.50. The van der Waals surface area contributed by atoms with Crippen molar-refractivity contribution in [3.63, 3.8) is 0 Å². The molecule has 4 heteroatoms. The quantitative estimate of drug-likeness (QED) is 0.810. The molecule has 0 aromatic heterocycles. The molecular weight excluding hydrogens is 241 g/mol. The van der Waals surface area contributed by atoms with Gasteiger partial charge in [-0.2, -0.15) is 13.2 Å². The summed E-state index contributed by atoms with van der Waals surface area (Å²) in [5.41, 5.74) is -0.0989. The number of aliphatic hydroxyl groups is 1. The lowest BCUT2D eigenvalue weighted by Gasteiger charge is -2.17. The van der Waals surface area contributed by atoms with Crippen LogP contribution < -0.4 is 0 Å². The lowest BCUT2D eigenvalue weighted by atomic mass is 9.92. The summed E-state index contributed by atoms with van der Waals surface area (Å²) < 4.78 is 37.2. The van der Waals surface area contributed by atoms with Crippen LogP contribution in [0.3, 0.4) is 0 Å². The molecule has 0 aliphatic heterocycles. The molecule has 0 aliphatic rings. The highest BCUT2D eigenvalue weighted by atomic mass is 19.4. The first-order chi connectivity index (χ1) is 8.40. The molecule has 0 saturated carbocycles. The highest BCUT2D eigenvalue weighted by molar-refractivity contribution is 5.31. The molecule has 2 unspecified atom stereocenters. The fourth-order valence-corrected chi connectivity index (χ4v) is 1.68. The molecule has 0 aliphatic carbocycles. The average molecular weight is 256 g/mol. The summed E-state index contributed by atoms with van der Waals surface area (Å²) in [4.78, 5) is 0. The number of hydrogen-bond donors (Lipinski definition) is 1. The van der Waals surface area contributed by atoms with Crippen molar-refractivity contribution in [3.8, 4) is 0 Å². The van der Waals surface area contributed by atoms with E-state index in [-0.39, 0.29) is 0 Å². The first-order valence-electron chi connectivity index (χ1n) is 5.50. The van der Waals surface area contributed by atoms with Crippen LogP contribution in [-0.4, -0.2) is 11.2 Å². The number of halogens is 3. The lowest BCUT2D eigenvalue weighted by molar-refractivity contribution is -0.137. The van der Waals surface area contributed by atoms with Gasteiger partial charge in [0, 0.05) is 5.92 Å². The molecule has 0 radical (unpaired) electrons. The zero-order valence-corrected chi connectivity index (χ0v) is 9.98. The predicted octanol–water partition coefficient (Wildman–Crippen LogP) is 3.91. The van der Waals surface area contributed by atoms with Crippen LogP contribution in [0.2, 0.25) is 0 Å². The van der Waals surface area contributed by atoms with Gasteiger partial charge in [0.05, 0.1) is 11.7 Å². The number of alkyl halides is 3. The maximum absolute atomic E-state index is 12.4. The summed E-state index contributed by atoms with van der Waals surface area (Å²) in [5.74, 6) is -0.413. The van der Waals surface area contributed by atoms with Gasteiger partial charge in [-0.3, -0.25) is 0 Å². The minimum absolute atomic E-state index is 0.413. The fraction of sp³-hybridized carbons (Fsp3) is 0.286. The van der Waals surface area contributed by atoms with Gasteiger partial charge in [-0.05, 0) is 24.6 Å². The Hall–Kier alpha value is -1.55. The minimum Gasteiger partial charge on any atom is -0.388 e. The molecule has 0 saturated heterocycles. The number of allylic oxidation sites excluding steroid dienone is 1. The van der Waals surface area contributed by atoms with Crippen LogP contribution in [0, 0.1) is 0 Å². The zero-order chi connectivity index (χ0) is 13.8. The van der Waals surface area contributed by atoms with Gasteiger partial charge >= 0.3 is 6.18 Å². The van der Waals surface area contributed by atoms with Gasteiger partial charge in [0.1, 0.15) is 0 Å². The molecule has 2 atom stereocenters. The molecule has 0 fully saturated rings. The molecule has 0 bridgehead atoms. The second-order valence-corrected chi connectivity index (χ2v) is 3.90. The lowest BCUT2D eigenvalue weighted by Crippen LogP contribution is -2.14. The Morgan fingerprint density at radius 3 is 2.17 bits per heavy atom. The highest BCUT2D eigenvalue weighted by Gasteiger charge is 2.30. The van der Waals surface area contributed by atoms with Gasteiger partial charge in [0.25, 0.3) is 0 Å². The number of rotatable bonds is 4. The van der Waals surface area contributed by atoms with Crippen LogP contribution in [0.5, 0.6) is 0 Å². The predicted molar refractivity (Wildman–Crippen MR) is 65.2 cm³/mol. The molecular formula is C14H15F3O. The van der Waals surface area contributed by atoms with E-state index in [2.05, 4.69) is 6.58 Å². The van der Waals surface area contributed by atoms with Gasteiger partial charge in [-0.15, -0.1) is 6.58 Å². The van der Waals surface area contributed by atoms with Gasteiger partial charge < -0.3 is 5.11 Å². The summed E-state index contributed by atoms with van der Waals surface area (Å²) >= 11 is 0. The summed E-state index contributed by atoms with van der Waals surface area (Å²) in [5, 5.41) is 9.81. The van der Waals surface area contributed by atoms with Gasteiger partial charge in [-0.1, -0.05) is 30.4 Å². The van der Waals surface area contributed by atoms with E-state index in [0.717, 1.165) is 12.1 Å². The van der Waals surface area contributed by atoms with Crippen LogP contribution in [-0.2, 0) is 6.18 Å². The SMILES string of the molecule is C=CC(c1ccc(C(F)(F)F)cc1)C(O)/C=C/C. The zero-order valence-electron chi connectivity index (χ0n) is 9.98.